The van der Waals surface area contributed by atoms with Gasteiger partial charge < -0.3 is 10.6 Å². The summed E-state index contributed by atoms with van der Waals surface area (Å²) in [4.78, 5) is 23.3. The highest BCUT2D eigenvalue weighted by Gasteiger charge is 2.07. The molecule has 5 heteroatoms. The second kappa shape index (κ2) is 6.47. The first-order chi connectivity index (χ1) is 9.65. The number of benzene rings is 2. The van der Waals surface area contributed by atoms with E-state index in [-0.39, 0.29) is 12.5 Å². The van der Waals surface area contributed by atoms with Crippen molar-refractivity contribution in [1.82, 2.24) is 5.32 Å². The van der Waals surface area contributed by atoms with Gasteiger partial charge in [-0.15, -0.1) is 0 Å². The van der Waals surface area contributed by atoms with Gasteiger partial charge >= 0.3 is 0 Å². The minimum atomic E-state index is -0.434. The molecule has 0 spiro atoms. The third kappa shape index (κ3) is 3.91. The van der Waals surface area contributed by atoms with Crippen molar-refractivity contribution in [2.24, 2.45) is 0 Å². The molecule has 2 N–H and O–H groups in total. The number of halogens is 1. The van der Waals surface area contributed by atoms with Crippen LogP contribution in [0.5, 0.6) is 0 Å². The number of anilines is 1. The molecule has 0 aliphatic carbocycles. The predicted molar refractivity (Wildman–Crippen MR) is 73.8 cm³/mol. The van der Waals surface area contributed by atoms with Crippen LogP contribution in [0.3, 0.4) is 0 Å². The molecule has 0 aliphatic heterocycles. The van der Waals surface area contributed by atoms with Gasteiger partial charge in [0.1, 0.15) is 5.82 Å². The minimum absolute atomic E-state index is 0.176. The lowest BCUT2D eigenvalue weighted by Gasteiger charge is -2.07. The summed E-state index contributed by atoms with van der Waals surface area (Å²) in [5.74, 6) is -1.18. The minimum Gasteiger partial charge on any atom is -0.343 e. The molecule has 102 valence electrons. The molecule has 20 heavy (non-hydrogen) atoms. The zero-order valence-corrected chi connectivity index (χ0v) is 10.6. The molecule has 0 saturated carbocycles. The van der Waals surface area contributed by atoms with Crippen molar-refractivity contribution in [3.63, 3.8) is 0 Å². The molecule has 0 unspecified atom stereocenters. The summed E-state index contributed by atoms with van der Waals surface area (Å²) in [6.45, 7) is -0.176. The summed E-state index contributed by atoms with van der Waals surface area (Å²) in [5, 5.41) is 4.98. The lowest BCUT2D eigenvalue weighted by molar-refractivity contribution is -0.115. The van der Waals surface area contributed by atoms with Crippen LogP contribution < -0.4 is 10.6 Å². The second-order valence-electron chi connectivity index (χ2n) is 4.11. The maximum atomic E-state index is 12.9. The molecule has 2 amide bonds. The number of nitrogens with one attached hydrogen (secondary N) is 2. The average molecular weight is 272 g/mol. The molecule has 0 fully saturated rings. The van der Waals surface area contributed by atoms with Gasteiger partial charge in [0.2, 0.25) is 5.91 Å². The van der Waals surface area contributed by atoms with Crippen LogP contribution in [-0.2, 0) is 4.79 Å². The highest BCUT2D eigenvalue weighted by molar-refractivity contribution is 5.99. The number of hydrogen-bond acceptors (Lipinski definition) is 2. The van der Waals surface area contributed by atoms with Gasteiger partial charge in [-0.1, -0.05) is 24.3 Å². The van der Waals surface area contributed by atoms with Gasteiger partial charge in [0.15, 0.2) is 0 Å². The van der Waals surface area contributed by atoms with Crippen LogP contribution in [-0.4, -0.2) is 18.4 Å². The lowest BCUT2D eigenvalue weighted by Crippen LogP contribution is -2.32. The number of amides is 2. The van der Waals surface area contributed by atoms with E-state index in [9.17, 15) is 14.0 Å². The van der Waals surface area contributed by atoms with Gasteiger partial charge in [-0.25, -0.2) is 4.39 Å². The van der Waals surface area contributed by atoms with Gasteiger partial charge in [0.25, 0.3) is 5.91 Å². The Hall–Kier alpha value is -2.69. The first-order valence-electron chi connectivity index (χ1n) is 6.04. The Morgan fingerprint density at radius 3 is 2.45 bits per heavy atom. The lowest BCUT2D eigenvalue weighted by atomic mass is 10.2. The zero-order chi connectivity index (χ0) is 14.4. The van der Waals surface area contributed by atoms with Crippen molar-refractivity contribution in [2.75, 3.05) is 11.9 Å². The summed E-state index contributed by atoms with van der Waals surface area (Å²) in [6, 6.07) is 14.1. The molecule has 0 saturated heterocycles. The van der Waals surface area contributed by atoms with E-state index in [0.717, 1.165) is 0 Å². The standard InChI is InChI=1S/C15H13FN2O2/c16-12-7-4-8-13(9-12)18-14(19)10-17-15(20)11-5-2-1-3-6-11/h1-9H,10H2,(H,17,20)(H,18,19). The first-order valence-corrected chi connectivity index (χ1v) is 6.04. The summed E-state index contributed by atoms with van der Waals surface area (Å²) in [6.07, 6.45) is 0. The maximum Gasteiger partial charge on any atom is 0.251 e. The van der Waals surface area contributed by atoms with E-state index >= 15 is 0 Å². The van der Waals surface area contributed by atoms with Gasteiger partial charge in [-0.3, -0.25) is 9.59 Å². The Kier molecular flexibility index (Phi) is 4.44. The van der Waals surface area contributed by atoms with Crippen LogP contribution >= 0.6 is 0 Å². The largest absolute Gasteiger partial charge is 0.343 e. The summed E-state index contributed by atoms with van der Waals surface area (Å²) in [5.41, 5.74) is 0.829. The van der Waals surface area contributed by atoms with Crippen LogP contribution in [0.4, 0.5) is 10.1 Å². The van der Waals surface area contributed by atoms with Crippen LogP contribution in [0, 0.1) is 5.82 Å². The van der Waals surface area contributed by atoms with Gasteiger partial charge in [-0.05, 0) is 30.3 Å². The van der Waals surface area contributed by atoms with E-state index in [4.69, 9.17) is 0 Å². The zero-order valence-electron chi connectivity index (χ0n) is 10.6. The monoisotopic (exact) mass is 272 g/mol. The Morgan fingerprint density at radius 2 is 1.75 bits per heavy atom. The van der Waals surface area contributed by atoms with Crippen LogP contribution in [0.15, 0.2) is 54.6 Å². The summed E-state index contributed by atoms with van der Waals surface area (Å²) < 4.78 is 12.9. The third-order valence-electron chi connectivity index (χ3n) is 2.55. The van der Waals surface area contributed by atoms with Crippen molar-refractivity contribution < 1.29 is 14.0 Å². The van der Waals surface area contributed by atoms with Crippen LogP contribution in [0.25, 0.3) is 0 Å². The molecule has 2 rings (SSSR count). The fourth-order valence-corrected chi connectivity index (χ4v) is 1.62. The van der Waals surface area contributed by atoms with Crippen LogP contribution in [0.1, 0.15) is 10.4 Å². The Labute approximate surface area is 115 Å². The fraction of sp³-hybridized carbons (Fsp3) is 0.0667. The molecule has 0 atom stereocenters. The molecular formula is C15H13FN2O2. The molecule has 0 bridgehead atoms. The number of hydrogen-bond donors (Lipinski definition) is 2. The average Bonchev–Trinajstić information content (AvgIpc) is 2.46. The second-order valence-corrected chi connectivity index (χ2v) is 4.11. The maximum absolute atomic E-state index is 12.9. The Bertz CT molecular complexity index is 614. The van der Waals surface area contributed by atoms with Crippen molar-refractivity contribution in [1.29, 1.82) is 0 Å². The topological polar surface area (TPSA) is 58.2 Å². The number of carbonyl (C=O) groups is 2. The molecule has 4 nitrogen and oxygen atoms in total. The molecule has 2 aromatic carbocycles. The van der Waals surface area contributed by atoms with Gasteiger partial charge in [0, 0.05) is 11.3 Å². The van der Waals surface area contributed by atoms with E-state index in [1.807, 2.05) is 0 Å². The highest BCUT2D eigenvalue weighted by Crippen LogP contribution is 2.08. The first kappa shape index (κ1) is 13.7. The SMILES string of the molecule is O=C(CNC(=O)c1ccccc1)Nc1cccc(F)c1. The van der Waals surface area contributed by atoms with E-state index < -0.39 is 11.7 Å². The van der Waals surface area contributed by atoms with Crippen molar-refractivity contribution in [3.05, 3.63) is 66.0 Å². The highest BCUT2D eigenvalue weighted by atomic mass is 19.1. The van der Waals surface area contributed by atoms with Crippen molar-refractivity contribution in [2.45, 2.75) is 0 Å². The van der Waals surface area contributed by atoms with E-state index in [2.05, 4.69) is 10.6 Å². The van der Waals surface area contributed by atoms with Gasteiger partial charge in [0.05, 0.1) is 6.54 Å². The van der Waals surface area contributed by atoms with Crippen LogP contribution in [0.2, 0.25) is 0 Å². The number of rotatable bonds is 4. The smallest absolute Gasteiger partial charge is 0.251 e. The Morgan fingerprint density at radius 1 is 1.00 bits per heavy atom. The third-order valence-corrected chi connectivity index (χ3v) is 2.55. The summed E-state index contributed by atoms with van der Waals surface area (Å²) in [7, 11) is 0. The molecule has 0 radical (unpaired) electrons. The Balaban J connectivity index is 1.85. The molecular weight excluding hydrogens is 259 g/mol. The summed E-state index contributed by atoms with van der Waals surface area (Å²) >= 11 is 0. The predicted octanol–water partition coefficient (Wildman–Crippen LogP) is 2.19. The van der Waals surface area contributed by atoms with E-state index in [1.165, 1.54) is 18.2 Å². The number of carbonyl (C=O) groups excluding carboxylic acids is 2. The molecule has 0 aromatic heterocycles. The normalized spacial score (nSPS) is 9.85. The van der Waals surface area contributed by atoms with E-state index in [1.54, 1.807) is 36.4 Å². The van der Waals surface area contributed by atoms with Crippen molar-refractivity contribution in [3.8, 4) is 0 Å². The molecule has 2 aromatic rings. The van der Waals surface area contributed by atoms with E-state index in [0.29, 0.717) is 11.3 Å². The molecule has 0 heterocycles. The quantitative estimate of drug-likeness (QED) is 0.896. The fourth-order valence-electron chi connectivity index (χ4n) is 1.62. The van der Waals surface area contributed by atoms with Gasteiger partial charge in [-0.2, -0.15) is 0 Å². The van der Waals surface area contributed by atoms with Crippen molar-refractivity contribution >= 4 is 17.5 Å². The molecule has 0 aliphatic rings.